The van der Waals surface area contributed by atoms with Gasteiger partial charge in [-0.25, -0.2) is 0 Å². The molecule has 2 unspecified atom stereocenters. The molecule has 2 nitrogen and oxygen atoms in total. The highest BCUT2D eigenvalue weighted by Gasteiger charge is 2.34. The molecule has 2 aliphatic heterocycles. The Kier molecular flexibility index (Phi) is 12.8. The van der Waals surface area contributed by atoms with Crippen molar-refractivity contribution < 1.29 is 0 Å². The van der Waals surface area contributed by atoms with E-state index in [0.29, 0.717) is 0 Å². The molecule has 2 bridgehead atoms. The molecular weight excluding hydrogens is 172 g/mol. The molecule has 2 heteroatoms. The van der Waals surface area contributed by atoms with Gasteiger partial charge in [-0.2, -0.15) is 0 Å². The van der Waals surface area contributed by atoms with Crippen LogP contribution in [0.3, 0.4) is 0 Å². The second kappa shape index (κ2) is 11.0. The summed E-state index contributed by atoms with van der Waals surface area (Å²) in [7, 11) is 2.21. The number of hydrogen-bond donors (Lipinski definition) is 1. The highest BCUT2D eigenvalue weighted by molar-refractivity contribution is 4.95. The van der Waals surface area contributed by atoms with Crippen molar-refractivity contribution in [3.05, 3.63) is 0 Å². The fourth-order valence-electron chi connectivity index (χ4n) is 1.77. The summed E-state index contributed by atoms with van der Waals surface area (Å²) in [6.45, 7) is 14.5. The minimum Gasteiger partial charge on any atom is -0.311 e. The van der Waals surface area contributed by atoms with E-state index in [2.05, 4.69) is 17.3 Å². The number of rotatable bonds is 0. The fraction of sp³-hybridized carbons (Fsp3) is 1.00. The first-order valence-electron chi connectivity index (χ1n) is 6.30. The van der Waals surface area contributed by atoms with Crippen LogP contribution in [0.15, 0.2) is 0 Å². The molecule has 2 fully saturated rings. The molecule has 0 radical (unpaired) electrons. The fourth-order valence-corrected chi connectivity index (χ4v) is 1.77. The van der Waals surface area contributed by atoms with Crippen LogP contribution in [0.1, 0.15) is 48.0 Å². The molecule has 0 amide bonds. The van der Waals surface area contributed by atoms with E-state index in [4.69, 9.17) is 0 Å². The smallest absolute Gasteiger partial charge is 0.0233 e. The zero-order valence-electron chi connectivity index (χ0n) is 11.2. The van der Waals surface area contributed by atoms with Crippen molar-refractivity contribution in [3.63, 3.8) is 0 Å². The summed E-state index contributed by atoms with van der Waals surface area (Å²) in [6, 6.07) is 1.69. The van der Waals surface area contributed by atoms with E-state index in [1.807, 2.05) is 41.5 Å². The van der Waals surface area contributed by atoms with Crippen LogP contribution in [0, 0.1) is 0 Å². The maximum absolute atomic E-state index is 3.44. The van der Waals surface area contributed by atoms with E-state index < -0.39 is 0 Å². The van der Waals surface area contributed by atoms with Gasteiger partial charge in [0.2, 0.25) is 0 Å². The van der Waals surface area contributed by atoms with Gasteiger partial charge < -0.3 is 10.2 Å². The predicted octanol–water partition coefficient (Wildman–Crippen LogP) is 2.74. The molecule has 2 aliphatic rings. The van der Waals surface area contributed by atoms with Gasteiger partial charge in [0.05, 0.1) is 0 Å². The van der Waals surface area contributed by atoms with E-state index in [9.17, 15) is 0 Å². The molecule has 0 spiro atoms. The first-order valence-corrected chi connectivity index (χ1v) is 6.30. The van der Waals surface area contributed by atoms with Gasteiger partial charge in [0.25, 0.3) is 0 Å². The molecule has 0 aliphatic carbocycles. The van der Waals surface area contributed by atoms with Gasteiger partial charge in [-0.1, -0.05) is 41.5 Å². The van der Waals surface area contributed by atoms with Crippen molar-refractivity contribution in [1.29, 1.82) is 0 Å². The molecular formula is C12H30N2. The Morgan fingerprint density at radius 2 is 1.50 bits per heavy atom. The lowest BCUT2D eigenvalue weighted by molar-refractivity contribution is 0.276. The Morgan fingerprint density at radius 1 is 1.00 bits per heavy atom. The lowest BCUT2D eigenvalue weighted by Gasteiger charge is -2.21. The summed E-state index contributed by atoms with van der Waals surface area (Å²) >= 11 is 0. The summed E-state index contributed by atoms with van der Waals surface area (Å²) in [6.07, 6.45) is 1.39. The lowest BCUT2D eigenvalue weighted by atomic mass is 10.2. The standard InChI is InChI=1S/C6H12N2.3C2H6/c1-8-4-5-2-6(8)3-7-5;3*1-2/h5-7H,2-4H2,1H3;3*1-2H3. The van der Waals surface area contributed by atoms with Gasteiger partial charge in [-0.15, -0.1) is 0 Å². The zero-order chi connectivity index (χ0) is 11.6. The van der Waals surface area contributed by atoms with Crippen LogP contribution in [0.5, 0.6) is 0 Å². The number of nitrogens with one attached hydrogen (secondary N) is 1. The largest absolute Gasteiger partial charge is 0.311 e. The van der Waals surface area contributed by atoms with Gasteiger partial charge in [0, 0.05) is 25.2 Å². The first-order chi connectivity index (χ1) is 6.86. The third-order valence-corrected chi connectivity index (χ3v) is 2.33. The van der Waals surface area contributed by atoms with Gasteiger partial charge in [0.15, 0.2) is 0 Å². The predicted molar refractivity (Wildman–Crippen MR) is 66.9 cm³/mol. The summed E-state index contributed by atoms with van der Waals surface area (Å²) in [5.41, 5.74) is 0. The number of fused-ring (bicyclic) bond motifs is 2. The number of hydrogen-bond acceptors (Lipinski definition) is 2. The topological polar surface area (TPSA) is 15.3 Å². The van der Waals surface area contributed by atoms with E-state index in [-0.39, 0.29) is 0 Å². The third-order valence-electron chi connectivity index (χ3n) is 2.33. The van der Waals surface area contributed by atoms with Crippen molar-refractivity contribution in [2.45, 2.75) is 60.0 Å². The maximum atomic E-state index is 3.44. The monoisotopic (exact) mass is 202 g/mol. The van der Waals surface area contributed by atoms with E-state index in [1.54, 1.807) is 0 Å². The molecule has 2 saturated heterocycles. The molecule has 0 aromatic carbocycles. The van der Waals surface area contributed by atoms with Crippen molar-refractivity contribution in [2.75, 3.05) is 20.1 Å². The molecule has 2 heterocycles. The first kappa shape index (κ1) is 16.4. The van der Waals surface area contributed by atoms with E-state index in [0.717, 1.165) is 12.1 Å². The second-order valence-corrected chi connectivity index (χ2v) is 2.93. The summed E-state index contributed by atoms with van der Waals surface area (Å²) < 4.78 is 0. The van der Waals surface area contributed by atoms with Crippen LogP contribution in [-0.4, -0.2) is 37.1 Å². The van der Waals surface area contributed by atoms with Crippen molar-refractivity contribution in [2.24, 2.45) is 0 Å². The van der Waals surface area contributed by atoms with Crippen LogP contribution < -0.4 is 5.32 Å². The van der Waals surface area contributed by atoms with Gasteiger partial charge in [-0.05, 0) is 13.5 Å². The molecule has 0 saturated carbocycles. The second-order valence-electron chi connectivity index (χ2n) is 2.93. The number of piperazine rings is 1. The van der Waals surface area contributed by atoms with Crippen molar-refractivity contribution >= 4 is 0 Å². The quantitative estimate of drug-likeness (QED) is 0.650. The molecule has 0 aromatic rings. The van der Waals surface area contributed by atoms with Crippen molar-refractivity contribution in [3.8, 4) is 0 Å². The molecule has 14 heavy (non-hydrogen) atoms. The normalized spacial score (nSPS) is 27.6. The van der Waals surface area contributed by atoms with E-state index in [1.165, 1.54) is 19.5 Å². The van der Waals surface area contributed by atoms with E-state index >= 15 is 0 Å². The molecule has 2 atom stereocenters. The summed E-state index contributed by atoms with van der Waals surface area (Å²) in [4.78, 5) is 2.45. The average molecular weight is 202 g/mol. The number of likely N-dealkylation sites (N-methyl/N-ethyl adjacent to an activating group) is 1. The molecule has 0 aromatic heterocycles. The molecule has 88 valence electrons. The Labute approximate surface area is 91.1 Å². The average Bonchev–Trinajstić information content (AvgIpc) is 2.88. The SMILES string of the molecule is CC.CC.CC.CN1CC2CC1CN2. The van der Waals surface area contributed by atoms with Crippen LogP contribution >= 0.6 is 0 Å². The maximum Gasteiger partial charge on any atom is 0.0233 e. The highest BCUT2D eigenvalue weighted by atomic mass is 15.3. The Hall–Kier alpha value is -0.0800. The lowest BCUT2D eigenvalue weighted by Crippen LogP contribution is -2.41. The Morgan fingerprint density at radius 3 is 1.64 bits per heavy atom. The van der Waals surface area contributed by atoms with Crippen LogP contribution in [0.25, 0.3) is 0 Å². The summed E-state index contributed by atoms with van der Waals surface area (Å²) in [5.74, 6) is 0. The Bertz CT molecular complexity index is 102. The van der Waals surface area contributed by atoms with Crippen molar-refractivity contribution in [1.82, 2.24) is 10.2 Å². The number of nitrogens with zero attached hydrogens (tertiary/aromatic N) is 1. The van der Waals surface area contributed by atoms with Gasteiger partial charge in [0.1, 0.15) is 0 Å². The summed E-state index contributed by atoms with van der Waals surface area (Å²) in [5, 5.41) is 3.44. The van der Waals surface area contributed by atoms with Crippen LogP contribution in [-0.2, 0) is 0 Å². The third kappa shape index (κ3) is 4.97. The minimum atomic E-state index is 0.824. The minimum absolute atomic E-state index is 0.824. The van der Waals surface area contributed by atoms with Crippen LogP contribution in [0.2, 0.25) is 0 Å². The van der Waals surface area contributed by atoms with Crippen LogP contribution in [0.4, 0.5) is 0 Å². The van der Waals surface area contributed by atoms with Gasteiger partial charge >= 0.3 is 0 Å². The zero-order valence-corrected chi connectivity index (χ0v) is 11.2. The highest BCUT2D eigenvalue weighted by Crippen LogP contribution is 2.20. The molecule has 1 N–H and O–H groups in total. The Balaban J connectivity index is 0. The number of likely N-dealkylation sites (tertiary alicyclic amines) is 1. The van der Waals surface area contributed by atoms with Gasteiger partial charge in [-0.3, -0.25) is 0 Å². The molecule has 2 rings (SSSR count).